The highest BCUT2D eigenvalue weighted by Crippen LogP contribution is 2.09. The van der Waals surface area contributed by atoms with Crippen molar-refractivity contribution in [3.05, 3.63) is 54.2 Å². The van der Waals surface area contributed by atoms with E-state index >= 15 is 0 Å². The fraction of sp³-hybridized carbons (Fsp3) is 0.214. The molecule has 6 heteroatoms. The molecular weight excluding hydrogens is 258 g/mol. The number of hydrogen-bond donors (Lipinski definition) is 2. The molecular formula is C14H15N3O3. The lowest BCUT2D eigenvalue weighted by molar-refractivity contribution is -0.120. The van der Waals surface area contributed by atoms with Crippen molar-refractivity contribution in [2.75, 3.05) is 6.54 Å². The quantitative estimate of drug-likeness (QED) is 0.859. The van der Waals surface area contributed by atoms with Gasteiger partial charge in [-0.2, -0.15) is 0 Å². The number of nitrogens with zero attached hydrogens (tertiary/aromatic N) is 1. The summed E-state index contributed by atoms with van der Waals surface area (Å²) in [5.74, 6) is -0.600. The lowest BCUT2D eigenvalue weighted by atomic mass is 10.1. The van der Waals surface area contributed by atoms with E-state index in [1.165, 1.54) is 18.6 Å². The maximum Gasteiger partial charge on any atom is 0.254 e. The van der Waals surface area contributed by atoms with Crippen LogP contribution in [0, 0.1) is 0 Å². The van der Waals surface area contributed by atoms with Crippen LogP contribution in [0.3, 0.4) is 0 Å². The van der Waals surface area contributed by atoms with Crippen LogP contribution in [-0.4, -0.2) is 23.3 Å². The Morgan fingerprint density at radius 1 is 1.30 bits per heavy atom. The molecule has 0 saturated carbocycles. The van der Waals surface area contributed by atoms with E-state index in [2.05, 4.69) is 15.6 Å². The van der Waals surface area contributed by atoms with Crippen LogP contribution in [-0.2, 0) is 4.79 Å². The molecule has 0 bridgehead atoms. The molecule has 2 rings (SSSR count). The molecule has 0 aliphatic rings. The molecule has 2 aromatic heterocycles. The molecule has 104 valence electrons. The smallest absolute Gasteiger partial charge is 0.254 e. The van der Waals surface area contributed by atoms with Crippen molar-refractivity contribution in [2.24, 2.45) is 0 Å². The summed E-state index contributed by atoms with van der Waals surface area (Å²) in [6.45, 7) is 1.78. The summed E-state index contributed by atoms with van der Waals surface area (Å²) in [5, 5.41) is 5.31. The highest BCUT2D eigenvalue weighted by molar-refractivity contribution is 5.96. The van der Waals surface area contributed by atoms with Crippen LogP contribution in [0.2, 0.25) is 0 Å². The number of carbonyl (C=O) groups excluding carboxylic acids is 2. The van der Waals surface area contributed by atoms with Crippen LogP contribution in [0.25, 0.3) is 0 Å². The van der Waals surface area contributed by atoms with Gasteiger partial charge in [0.15, 0.2) is 0 Å². The normalized spacial score (nSPS) is 11.7. The van der Waals surface area contributed by atoms with E-state index in [1.54, 1.807) is 12.4 Å². The molecule has 2 heterocycles. The first kappa shape index (κ1) is 13.8. The predicted molar refractivity (Wildman–Crippen MR) is 71.8 cm³/mol. The topological polar surface area (TPSA) is 84.2 Å². The van der Waals surface area contributed by atoms with E-state index < -0.39 is 0 Å². The van der Waals surface area contributed by atoms with Crippen LogP contribution in [0.5, 0.6) is 0 Å². The highest BCUT2D eigenvalue weighted by atomic mass is 16.3. The molecule has 2 amide bonds. The van der Waals surface area contributed by atoms with Crippen molar-refractivity contribution in [2.45, 2.75) is 13.0 Å². The fourth-order valence-corrected chi connectivity index (χ4v) is 1.68. The molecule has 0 aliphatic heterocycles. The first-order chi connectivity index (χ1) is 9.66. The standard InChI is InChI=1S/C14H15N3O3/c1-10(11-2-5-15-6-3-11)17-13(18)8-16-14(19)12-4-7-20-9-12/h2-7,9-10H,8H2,1H3,(H,16,19)(H,17,18)/t10-/m1/s1. The molecule has 2 N–H and O–H groups in total. The molecule has 20 heavy (non-hydrogen) atoms. The minimum Gasteiger partial charge on any atom is -0.472 e. The van der Waals surface area contributed by atoms with Crippen LogP contribution in [0.4, 0.5) is 0 Å². The van der Waals surface area contributed by atoms with Crippen molar-refractivity contribution in [3.8, 4) is 0 Å². The Bertz CT molecular complexity index is 567. The SMILES string of the molecule is C[C@@H](NC(=O)CNC(=O)c1ccoc1)c1ccncc1. The molecule has 6 nitrogen and oxygen atoms in total. The maximum atomic E-state index is 11.7. The number of amides is 2. The molecule has 0 unspecified atom stereocenters. The maximum absolute atomic E-state index is 11.7. The van der Waals surface area contributed by atoms with Gasteiger partial charge in [0.25, 0.3) is 5.91 Å². The van der Waals surface area contributed by atoms with Crippen molar-refractivity contribution in [1.82, 2.24) is 15.6 Å². The molecule has 1 atom stereocenters. The summed E-state index contributed by atoms with van der Waals surface area (Å²) in [5.41, 5.74) is 1.34. The minimum atomic E-state index is -0.342. The Morgan fingerprint density at radius 3 is 2.70 bits per heavy atom. The van der Waals surface area contributed by atoms with Crippen LogP contribution in [0.15, 0.2) is 47.5 Å². The van der Waals surface area contributed by atoms with Gasteiger partial charge >= 0.3 is 0 Å². The lowest BCUT2D eigenvalue weighted by Gasteiger charge is -2.14. The Balaban J connectivity index is 1.80. The summed E-state index contributed by atoms with van der Waals surface area (Å²) in [6.07, 6.45) is 6.06. The van der Waals surface area contributed by atoms with Gasteiger partial charge in [0.05, 0.1) is 24.4 Å². The van der Waals surface area contributed by atoms with Crippen LogP contribution >= 0.6 is 0 Å². The van der Waals surface area contributed by atoms with Crippen molar-refractivity contribution >= 4 is 11.8 Å². The summed E-state index contributed by atoms with van der Waals surface area (Å²) in [7, 11) is 0. The highest BCUT2D eigenvalue weighted by Gasteiger charge is 2.11. The molecule has 0 radical (unpaired) electrons. The first-order valence-electron chi connectivity index (χ1n) is 6.16. The third-order valence-corrected chi connectivity index (χ3v) is 2.78. The van der Waals surface area contributed by atoms with Gasteiger partial charge in [-0.25, -0.2) is 0 Å². The van der Waals surface area contributed by atoms with E-state index in [0.717, 1.165) is 5.56 Å². The number of furan rings is 1. The molecule has 0 saturated heterocycles. The van der Waals surface area contributed by atoms with E-state index in [-0.39, 0.29) is 24.4 Å². The van der Waals surface area contributed by atoms with E-state index in [1.807, 2.05) is 19.1 Å². The number of rotatable bonds is 5. The van der Waals surface area contributed by atoms with E-state index in [9.17, 15) is 9.59 Å². The van der Waals surface area contributed by atoms with E-state index in [4.69, 9.17) is 4.42 Å². The zero-order valence-corrected chi connectivity index (χ0v) is 11.0. The van der Waals surface area contributed by atoms with Gasteiger partial charge in [-0.3, -0.25) is 14.6 Å². The molecule has 2 aromatic rings. The van der Waals surface area contributed by atoms with Crippen LogP contribution < -0.4 is 10.6 Å². The largest absolute Gasteiger partial charge is 0.472 e. The van der Waals surface area contributed by atoms with Crippen molar-refractivity contribution < 1.29 is 14.0 Å². The second kappa shape index (κ2) is 6.51. The lowest BCUT2D eigenvalue weighted by Crippen LogP contribution is -2.37. The Hall–Kier alpha value is -2.63. The second-order valence-electron chi connectivity index (χ2n) is 4.26. The van der Waals surface area contributed by atoms with Gasteiger partial charge in [-0.15, -0.1) is 0 Å². The number of nitrogens with one attached hydrogen (secondary N) is 2. The molecule has 0 spiro atoms. The van der Waals surface area contributed by atoms with Gasteiger partial charge in [0.1, 0.15) is 6.26 Å². The first-order valence-corrected chi connectivity index (χ1v) is 6.16. The zero-order chi connectivity index (χ0) is 14.4. The summed E-state index contributed by atoms with van der Waals surface area (Å²) in [6, 6.07) is 5.05. The van der Waals surface area contributed by atoms with Crippen molar-refractivity contribution in [1.29, 1.82) is 0 Å². The summed E-state index contributed by atoms with van der Waals surface area (Å²) in [4.78, 5) is 27.3. The number of carbonyl (C=O) groups is 2. The fourth-order valence-electron chi connectivity index (χ4n) is 1.68. The predicted octanol–water partition coefficient (Wildman–Crippen LogP) is 1.28. The summed E-state index contributed by atoms with van der Waals surface area (Å²) >= 11 is 0. The molecule has 0 fully saturated rings. The van der Waals surface area contributed by atoms with Crippen LogP contribution in [0.1, 0.15) is 28.9 Å². The third kappa shape index (κ3) is 3.68. The average molecular weight is 273 g/mol. The third-order valence-electron chi connectivity index (χ3n) is 2.78. The number of hydrogen-bond acceptors (Lipinski definition) is 4. The van der Waals surface area contributed by atoms with Gasteiger partial charge in [0, 0.05) is 12.4 Å². The van der Waals surface area contributed by atoms with Crippen molar-refractivity contribution in [3.63, 3.8) is 0 Å². The van der Waals surface area contributed by atoms with Gasteiger partial charge < -0.3 is 15.1 Å². The molecule has 0 aliphatic carbocycles. The Kier molecular flexibility index (Phi) is 4.49. The Labute approximate surface area is 116 Å². The average Bonchev–Trinajstić information content (AvgIpc) is 3.00. The van der Waals surface area contributed by atoms with Gasteiger partial charge in [-0.05, 0) is 30.7 Å². The van der Waals surface area contributed by atoms with Gasteiger partial charge in [0.2, 0.25) is 5.91 Å². The Morgan fingerprint density at radius 2 is 2.05 bits per heavy atom. The monoisotopic (exact) mass is 273 g/mol. The van der Waals surface area contributed by atoms with E-state index in [0.29, 0.717) is 5.56 Å². The second-order valence-corrected chi connectivity index (χ2v) is 4.26. The van der Waals surface area contributed by atoms with Gasteiger partial charge in [-0.1, -0.05) is 0 Å². The number of aromatic nitrogens is 1. The molecule has 0 aromatic carbocycles. The minimum absolute atomic E-state index is 0.0839. The summed E-state index contributed by atoms with van der Waals surface area (Å²) < 4.78 is 4.80. The number of pyridine rings is 1. The zero-order valence-electron chi connectivity index (χ0n) is 11.0.